The third-order valence-electron chi connectivity index (χ3n) is 3.58. The van der Waals surface area contributed by atoms with Crippen LogP contribution in [0.25, 0.3) is 0 Å². The van der Waals surface area contributed by atoms with E-state index in [-0.39, 0.29) is 0 Å². The number of hydrogen-bond acceptors (Lipinski definition) is 2. The van der Waals surface area contributed by atoms with Gasteiger partial charge in [0.1, 0.15) is 0 Å². The van der Waals surface area contributed by atoms with Gasteiger partial charge in [-0.3, -0.25) is 4.90 Å². The molecule has 0 aliphatic carbocycles. The van der Waals surface area contributed by atoms with E-state index in [1.165, 1.54) is 25.9 Å². The van der Waals surface area contributed by atoms with E-state index in [0.717, 1.165) is 12.5 Å². The van der Waals surface area contributed by atoms with E-state index in [4.69, 9.17) is 5.73 Å². The molecule has 0 aromatic heterocycles. The molecule has 0 saturated carbocycles. The number of likely N-dealkylation sites (tertiary alicyclic amines) is 1. The van der Waals surface area contributed by atoms with Crippen LogP contribution in [0.2, 0.25) is 0 Å². The van der Waals surface area contributed by atoms with Gasteiger partial charge in [0.05, 0.1) is 0 Å². The van der Waals surface area contributed by atoms with Gasteiger partial charge in [0.25, 0.3) is 0 Å². The Hall–Kier alpha value is -0.0800. The molecule has 2 N–H and O–H groups in total. The highest BCUT2D eigenvalue weighted by atomic mass is 15.2. The van der Waals surface area contributed by atoms with Crippen LogP contribution < -0.4 is 5.73 Å². The molecular weight excluding hydrogens is 148 g/mol. The molecule has 0 radical (unpaired) electrons. The van der Waals surface area contributed by atoms with E-state index in [9.17, 15) is 0 Å². The SMILES string of the molecule is CCC(C)(CC)N1CC(CN)C1. The van der Waals surface area contributed by atoms with Gasteiger partial charge in [-0.2, -0.15) is 0 Å². The predicted molar refractivity (Wildman–Crippen MR) is 53.1 cm³/mol. The maximum Gasteiger partial charge on any atom is 0.0176 e. The first-order valence-corrected chi connectivity index (χ1v) is 5.11. The molecule has 12 heavy (non-hydrogen) atoms. The topological polar surface area (TPSA) is 29.3 Å². The summed E-state index contributed by atoms with van der Waals surface area (Å²) in [7, 11) is 0. The molecule has 72 valence electrons. The third-order valence-corrected chi connectivity index (χ3v) is 3.58. The van der Waals surface area contributed by atoms with Gasteiger partial charge in [-0.05, 0) is 32.2 Å². The Kier molecular flexibility index (Phi) is 3.13. The summed E-state index contributed by atoms with van der Waals surface area (Å²) in [5, 5.41) is 0. The summed E-state index contributed by atoms with van der Waals surface area (Å²) in [6, 6.07) is 0. The van der Waals surface area contributed by atoms with Crippen molar-refractivity contribution in [2.45, 2.75) is 39.2 Å². The third kappa shape index (κ3) is 1.64. The van der Waals surface area contributed by atoms with Gasteiger partial charge in [0.2, 0.25) is 0 Å². The lowest BCUT2D eigenvalue weighted by Gasteiger charge is -2.50. The Morgan fingerprint density at radius 1 is 1.33 bits per heavy atom. The smallest absolute Gasteiger partial charge is 0.0176 e. The number of hydrogen-bond donors (Lipinski definition) is 1. The predicted octanol–water partition coefficient (Wildman–Crippen LogP) is 1.46. The lowest BCUT2D eigenvalue weighted by molar-refractivity contribution is -0.00757. The van der Waals surface area contributed by atoms with Gasteiger partial charge in [-0.25, -0.2) is 0 Å². The summed E-state index contributed by atoms with van der Waals surface area (Å²) in [5.41, 5.74) is 6.03. The Morgan fingerprint density at radius 3 is 2.17 bits per heavy atom. The highest BCUT2D eigenvalue weighted by molar-refractivity contribution is 4.92. The first-order valence-electron chi connectivity index (χ1n) is 5.11. The molecule has 1 aliphatic rings. The molecule has 1 fully saturated rings. The van der Waals surface area contributed by atoms with Gasteiger partial charge < -0.3 is 5.73 Å². The molecule has 0 unspecified atom stereocenters. The summed E-state index contributed by atoms with van der Waals surface area (Å²) in [4.78, 5) is 2.57. The first kappa shape index (κ1) is 10.0. The maximum atomic E-state index is 5.60. The van der Waals surface area contributed by atoms with Crippen LogP contribution in [0.5, 0.6) is 0 Å². The fourth-order valence-electron chi connectivity index (χ4n) is 1.86. The Morgan fingerprint density at radius 2 is 1.83 bits per heavy atom. The summed E-state index contributed by atoms with van der Waals surface area (Å²) in [5.74, 6) is 0.766. The monoisotopic (exact) mass is 170 g/mol. The van der Waals surface area contributed by atoms with Gasteiger partial charge >= 0.3 is 0 Å². The van der Waals surface area contributed by atoms with Crippen LogP contribution in [-0.2, 0) is 0 Å². The second-order valence-electron chi connectivity index (χ2n) is 4.21. The van der Waals surface area contributed by atoms with Crippen LogP contribution in [0.15, 0.2) is 0 Å². The van der Waals surface area contributed by atoms with Crippen LogP contribution >= 0.6 is 0 Å². The van der Waals surface area contributed by atoms with E-state index in [1.54, 1.807) is 0 Å². The van der Waals surface area contributed by atoms with Crippen LogP contribution in [0, 0.1) is 5.92 Å². The van der Waals surface area contributed by atoms with Crippen molar-refractivity contribution < 1.29 is 0 Å². The molecule has 0 aromatic carbocycles. The summed E-state index contributed by atoms with van der Waals surface area (Å²) < 4.78 is 0. The van der Waals surface area contributed by atoms with Gasteiger partial charge in [-0.1, -0.05) is 13.8 Å². The van der Waals surface area contributed by atoms with E-state index in [2.05, 4.69) is 25.7 Å². The second kappa shape index (κ2) is 3.75. The quantitative estimate of drug-likeness (QED) is 0.692. The molecule has 1 rings (SSSR count). The lowest BCUT2D eigenvalue weighted by atomic mass is 9.86. The van der Waals surface area contributed by atoms with E-state index in [0.29, 0.717) is 5.54 Å². The normalized spacial score (nSPS) is 21.0. The summed E-state index contributed by atoms with van der Waals surface area (Å²) in [6.45, 7) is 10.2. The van der Waals surface area contributed by atoms with Crippen LogP contribution in [-0.4, -0.2) is 30.1 Å². The molecule has 1 aliphatic heterocycles. The molecular formula is C10H22N2. The van der Waals surface area contributed by atoms with E-state index in [1.807, 2.05) is 0 Å². The highest BCUT2D eigenvalue weighted by Gasteiger charge is 2.36. The van der Waals surface area contributed by atoms with Crippen molar-refractivity contribution in [3.05, 3.63) is 0 Å². The Labute approximate surface area is 76.1 Å². The van der Waals surface area contributed by atoms with Crippen molar-refractivity contribution in [2.75, 3.05) is 19.6 Å². The highest BCUT2D eigenvalue weighted by Crippen LogP contribution is 2.30. The average Bonchev–Trinajstić information content (AvgIpc) is 2.02. The van der Waals surface area contributed by atoms with Gasteiger partial charge in [0.15, 0.2) is 0 Å². The number of nitrogens with two attached hydrogens (primary N) is 1. The standard InChI is InChI=1S/C10H22N2/c1-4-10(3,5-2)12-7-9(6-11)8-12/h9H,4-8,11H2,1-3H3. The lowest BCUT2D eigenvalue weighted by Crippen LogP contribution is -2.59. The molecule has 0 spiro atoms. The molecule has 0 amide bonds. The van der Waals surface area contributed by atoms with Crippen LogP contribution in [0.4, 0.5) is 0 Å². The second-order valence-corrected chi connectivity index (χ2v) is 4.21. The molecule has 1 saturated heterocycles. The van der Waals surface area contributed by atoms with E-state index < -0.39 is 0 Å². The zero-order valence-corrected chi connectivity index (χ0v) is 8.64. The van der Waals surface area contributed by atoms with Crippen molar-refractivity contribution in [1.29, 1.82) is 0 Å². The van der Waals surface area contributed by atoms with Gasteiger partial charge in [0, 0.05) is 18.6 Å². The zero-order chi connectivity index (χ0) is 9.19. The summed E-state index contributed by atoms with van der Waals surface area (Å²) >= 11 is 0. The van der Waals surface area contributed by atoms with Crippen molar-refractivity contribution in [3.8, 4) is 0 Å². The van der Waals surface area contributed by atoms with E-state index >= 15 is 0 Å². The van der Waals surface area contributed by atoms with Crippen LogP contribution in [0.3, 0.4) is 0 Å². The molecule has 0 bridgehead atoms. The minimum absolute atomic E-state index is 0.436. The van der Waals surface area contributed by atoms with Crippen molar-refractivity contribution >= 4 is 0 Å². The fourth-order valence-corrected chi connectivity index (χ4v) is 1.86. The molecule has 0 atom stereocenters. The number of rotatable bonds is 4. The minimum atomic E-state index is 0.436. The zero-order valence-electron chi connectivity index (χ0n) is 8.64. The van der Waals surface area contributed by atoms with Gasteiger partial charge in [-0.15, -0.1) is 0 Å². The summed E-state index contributed by atoms with van der Waals surface area (Å²) in [6.07, 6.45) is 2.50. The maximum absolute atomic E-state index is 5.60. The van der Waals surface area contributed by atoms with Crippen molar-refractivity contribution in [1.82, 2.24) is 4.90 Å². The molecule has 2 heteroatoms. The Bertz CT molecular complexity index is 135. The fraction of sp³-hybridized carbons (Fsp3) is 1.00. The Balaban J connectivity index is 2.39. The molecule has 0 aromatic rings. The van der Waals surface area contributed by atoms with Crippen LogP contribution in [0.1, 0.15) is 33.6 Å². The van der Waals surface area contributed by atoms with Crippen molar-refractivity contribution in [2.24, 2.45) is 11.7 Å². The average molecular weight is 170 g/mol. The number of nitrogens with zero attached hydrogens (tertiary/aromatic N) is 1. The molecule has 2 nitrogen and oxygen atoms in total. The van der Waals surface area contributed by atoms with Crippen molar-refractivity contribution in [3.63, 3.8) is 0 Å². The molecule has 1 heterocycles. The largest absolute Gasteiger partial charge is 0.330 e. The first-order chi connectivity index (χ1) is 5.66. The minimum Gasteiger partial charge on any atom is -0.330 e.